The molecule has 8 nitrogen and oxygen atoms in total. The summed E-state index contributed by atoms with van der Waals surface area (Å²) in [6.45, 7) is 0.667. The Bertz CT molecular complexity index is 1250. The molecule has 0 saturated heterocycles. The molecule has 0 unspecified atom stereocenters. The van der Waals surface area contributed by atoms with Crippen molar-refractivity contribution in [2.24, 2.45) is 0 Å². The van der Waals surface area contributed by atoms with E-state index in [0.29, 0.717) is 18.9 Å². The number of rotatable bonds is 7. The van der Waals surface area contributed by atoms with Crippen molar-refractivity contribution in [1.82, 2.24) is 29.6 Å². The van der Waals surface area contributed by atoms with Gasteiger partial charge in [0.15, 0.2) is 5.82 Å². The van der Waals surface area contributed by atoms with E-state index in [1.807, 2.05) is 42.6 Å². The van der Waals surface area contributed by atoms with E-state index in [9.17, 15) is 9.59 Å². The quantitative estimate of drug-likeness (QED) is 0.496. The summed E-state index contributed by atoms with van der Waals surface area (Å²) in [6, 6.07) is 11.8. The van der Waals surface area contributed by atoms with Crippen molar-refractivity contribution in [3.63, 3.8) is 0 Å². The fraction of sp³-hybridized carbons (Fsp3) is 0.273. The van der Waals surface area contributed by atoms with Gasteiger partial charge in [-0.25, -0.2) is 9.48 Å². The third-order valence-corrected chi connectivity index (χ3v) is 5.37. The average Bonchev–Trinajstić information content (AvgIpc) is 3.45. The second kappa shape index (κ2) is 7.62. The number of carbonyl (C=O) groups is 1. The lowest BCUT2D eigenvalue weighted by Gasteiger charge is -2.04. The summed E-state index contributed by atoms with van der Waals surface area (Å²) < 4.78 is 3.19. The van der Waals surface area contributed by atoms with Crippen LogP contribution in [0.3, 0.4) is 0 Å². The molecular formula is C22H22N6O2. The fourth-order valence-electron chi connectivity index (χ4n) is 3.73. The van der Waals surface area contributed by atoms with Crippen LogP contribution in [0.5, 0.6) is 0 Å². The van der Waals surface area contributed by atoms with Gasteiger partial charge in [-0.2, -0.15) is 0 Å². The summed E-state index contributed by atoms with van der Waals surface area (Å²) in [5, 5.41) is 8.48. The van der Waals surface area contributed by atoms with Crippen LogP contribution in [0.2, 0.25) is 0 Å². The number of hydrogen-bond acceptors (Lipinski definition) is 4. The van der Waals surface area contributed by atoms with Gasteiger partial charge in [0, 0.05) is 47.6 Å². The predicted octanol–water partition coefficient (Wildman–Crippen LogP) is 2.28. The van der Waals surface area contributed by atoms with Gasteiger partial charge in [0.1, 0.15) is 0 Å². The molecule has 0 aliphatic heterocycles. The Morgan fingerprint density at radius 3 is 2.87 bits per heavy atom. The Morgan fingerprint density at radius 2 is 2.07 bits per heavy atom. The number of pyridine rings is 1. The normalized spacial score (nSPS) is 13.6. The molecule has 0 spiro atoms. The largest absolute Gasteiger partial charge is 0.361 e. The Morgan fingerprint density at radius 1 is 1.20 bits per heavy atom. The van der Waals surface area contributed by atoms with E-state index in [4.69, 9.17) is 0 Å². The van der Waals surface area contributed by atoms with E-state index < -0.39 is 0 Å². The molecule has 1 saturated carbocycles. The molecule has 1 aromatic carbocycles. The zero-order valence-electron chi connectivity index (χ0n) is 16.4. The molecular weight excluding hydrogens is 380 g/mol. The fourth-order valence-corrected chi connectivity index (χ4v) is 3.73. The van der Waals surface area contributed by atoms with E-state index in [-0.39, 0.29) is 24.1 Å². The van der Waals surface area contributed by atoms with Crippen LogP contribution in [0.4, 0.5) is 0 Å². The van der Waals surface area contributed by atoms with Gasteiger partial charge in [-0.1, -0.05) is 18.2 Å². The molecule has 0 atom stereocenters. The first-order valence-corrected chi connectivity index (χ1v) is 10.1. The number of fused-ring (bicyclic) bond motifs is 1. The predicted molar refractivity (Wildman–Crippen MR) is 113 cm³/mol. The van der Waals surface area contributed by atoms with Crippen molar-refractivity contribution in [2.45, 2.75) is 31.8 Å². The summed E-state index contributed by atoms with van der Waals surface area (Å²) in [6.07, 6.45) is 7.54. The molecule has 1 aliphatic rings. The van der Waals surface area contributed by atoms with Crippen molar-refractivity contribution in [3.05, 3.63) is 71.0 Å². The molecule has 5 rings (SSSR count). The molecule has 1 aliphatic carbocycles. The number of nitrogens with one attached hydrogen (secondary N) is 2. The molecule has 8 heteroatoms. The summed E-state index contributed by atoms with van der Waals surface area (Å²) in [4.78, 5) is 32.6. The van der Waals surface area contributed by atoms with Gasteiger partial charge in [0.05, 0.1) is 13.0 Å². The highest BCUT2D eigenvalue weighted by atomic mass is 16.2. The van der Waals surface area contributed by atoms with Crippen LogP contribution < -0.4 is 11.0 Å². The molecule has 4 aromatic rings. The van der Waals surface area contributed by atoms with Crippen molar-refractivity contribution in [3.8, 4) is 11.4 Å². The number of para-hydroxylation sites is 1. The van der Waals surface area contributed by atoms with Crippen molar-refractivity contribution >= 4 is 16.8 Å². The summed E-state index contributed by atoms with van der Waals surface area (Å²) in [7, 11) is 0. The average molecular weight is 402 g/mol. The Balaban J connectivity index is 1.26. The minimum Gasteiger partial charge on any atom is -0.361 e. The molecule has 1 fully saturated rings. The first-order chi connectivity index (χ1) is 14.7. The summed E-state index contributed by atoms with van der Waals surface area (Å²) in [5.74, 6) is 0.558. The molecule has 1 amide bonds. The smallest absolute Gasteiger partial charge is 0.346 e. The molecule has 3 aromatic heterocycles. The highest BCUT2D eigenvalue weighted by Crippen LogP contribution is 2.36. The number of nitrogens with zero attached hydrogens (tertiary/aromatic N) is 4. The molecule has 0 bridgehead atoms. The standard InChI is InChI=1S/C22H22N6O2/c29-20(12-16-14-25-19-6-2-1-5-18(16)19)24-10-11-27-22(30)28(17-7-8-17)21(26-27)15-4-3-9-23-13-15/h1-6,9,13-14,17,25H,7-8,10-12H2,(H,24,29). The zero-order chi connectivity index (χ0) is 20.5. The van der Waals surface area contributed by atoms with Crippen LogP contribution >= 0.6 is 0 Å². The topological polar surface area (TPSA) is 97.6 Å². The van der Waals surface area contributed by atoms with E-state index in [2.05, 4.69) is 20.4 Å². The number of amides is 1. The molecule has 2 N–H and O–H groups in total. The summed E-state index contributed by atoms with van der Waals surface area (Å²) >= 11 is 0. The minimum atomic E-state index is -0.137. The van der Waals surface area contributed by atoms with Gasteiger partial charge >= 0.3 is 5.69 Å². The highest BCUT2D eigenvalue weighted by molar-refractivity contribution is 5.88. The lowest BCUT2D eigenvalue weighted by atomic mass is 10.1. The van der Waals surface area contributed by atoms with Crippen LogP contribution in [0, 0.1) is 0 Å². The van der Waals surface area contributed by atoms with Crippen LogP contribution in [0.1, 0.15) is 24.4 Å². The van der Waals surface area contributed by atoms with Gasteiger partial charge < -0.3 is 10.3 Å². The van der Waals surface area contributed by atoms with Crippen molar-refractivity contribution < 1.29 is 4.79 Å². The molecule has 152 valence electrons. The number of hydrogen-bond donors (Lipinski definition) is 2. The van der Waals surface area contributed by atoms with Crippen LogP contribution in [-0.2, 0) is 17.8 Å². The third kappa shape index (κ3) is 3.52. The van der Waals surface area contributed by atoms with E-state index in [1.54, 1.807) is 17.0 Å². The Labute approximate surface area is 172 Å². The first kappa shape index (κ1) is 18.4. The van der Waals surface area contributed by atoms with Crippen LogP contribution in [-0.4, -0.2) is 36.8 Å². The summed E-state index contributed by atoms with van der Waals surface area (Å²) in [5.41, 5.74) is 2.66. The SMILES string of the molecule is O=C(Cc1c[nH]c2ccccc12)NCCn1nc(-c2cccnc2)n(C2CC2)c1=O. The Kier molecular flexibility index (Phi) is 4.66. The number of aromatic amines is 1. The van der Waals surface area contributed by atoms with Crippen molar-refractivity contribution in [2.75, 3.05) is 6.54 Å². The van der Waals surface area contributed by atoms with E-state index >= 15 is 0 Å². The monoisotopic (exact) mass is 402 g/mol. The van der Waals surface area contributed by atoms with Gasteiger partial charge in [-0.15, -0.1) is 5.10 Å². The van der Waals surface area contributed by atoms with Gasteiger partial charge in [-0.05, 0) is 36.6 Å². The van der Waals surface area contributed by atoms with Gasteiger partial charge in [0.25, 0.3) is 0 Å². The maximum Gasteiger partial charge on any atom is 0.346 e. The van der Waals surface area contributed by atoms with Gasteiger partial charge in [0.2, 0.25) is 5.91 Å². The van der Waals surface area contributed by atoms with E-state index in [1.165, 1.54) is 4.68 Å². The molecule has 3 heterocycles. The molecule has 0 radical (unpaired) electrons. The second-order valence-electron chi connectivity index (χ2n) is 7.56. The molecule has 30 heavy (non-hydrogen) atoms. The zero-order valence-corrected chi connectivity index (χ0v) is 16.4. The van der Waals surface area contributed by atoms with E-state index in [0.717, 1.165) is 34.9 Å². The number of carbonyl (C=O) groups excluding carboxylic acids is 1. The van der Waals surface area contributed by atoms with Crippen LogP contribution in [0.15, 0.2) is 59.8 Å². The Hall–Kier alpha value is -3.68. The maximum absolute atomic E-state index is 12.8. The van der Waals surface area contributed by atoms with Gasteiger partial charge in [-0.3, -0.25) is 14.3 Å². The number of H-pyrrole nitrogens is 1. The van der Waals surface area contributed by atoms with Crippen LogP contribution in [0.25, 0.3) is 22.3 Å². The highest BCUT2D eigenvalue weighted by Gasteiger charge is 2.30. The first-order valence-electron chi connectivity index (χ1n) is 10.1. The number of benzene rings is 1. The second-order valence-corrected chi connectivity index (χ2v) is 7.56. The third-order valence-electron chi connectivity index (χ3n) is 5.37. The maximum atomic E-state index is 12.8. The van der Waals surface area contributed by atoms with Crippen molar-refractivity contribution in [1.29, 1.82) is 0 Å². The lowest BCUT2D eigenvalue weighted by molar-refractivity contribution is -0.120. The lowest BCUT2D eigenvalue weighted by Crippen LogP contribution is -2.32. The minimum absolute atomic E-state index is 0.0816. The number of aromatic nitrogens is 5.